The number of aromatic nitrogens is 1. The van der Waals surface area contributed by atoms with Crippen molar-refractivity contribution in [2.75, 3.05) is 27.2 Å². The Hall–Kier alpha value is -2.11. The van der Waals surface area contributed by atoms with Crippen LogP contribution in [0.3, 0.4) is 0 Å². The third-order valence-electron chi connectivity index (χ3n) is 4.60. The van der Waals surface area contributed by atoms with Gasteiger partial charge in [0.15, 0.2) is 5.96 Å². The third-order valence-corrected chi connectivity index (χ3v) is 4.82. The van der Waals surface area contributed by atoms with Crippen LogP contribution in [0.25, 0.3) is 0 Å². The van der Waals surface area contributed by atoms with Crippen LogP contribution in [0.4, 0.5) is 0 Å². The number of nitrogens with zero attached hydrogens (tertiary/aromatic N) is 3. The van der Waals surface area contributed by atoms with Crippen molar-refractivity contribution in [3.05, 3.63) is 64.9 Å². The number of aliphatic imine (C=N–C) groups is 1. The fourth-order valence-corrected chi connectivity index (χ4v) is 2.86. The molecule has 0 fully saturated rings. The number of halogens is 1. The molecule has 27 heavy (non-hydrogen) atoms. The maximum Gasteiger partial charge on any atom is 0.190 e. The van der Waals surface area contributed by atoms with Crippen molar-refractivity contribution in [2.24, 2.45) is 4.99 Å². The van der Waals surface area contributed by atoms with Gasteiger partial charge in [0.1, 0.15) is 5.15 Å². The van der Waals surface area contributed by atoms with Gasteiger partial charge in [-0.1, -0.05) is 48.0 Å². The van der Waals surface area contributed by atoms with E-state index in [-0.39, 0.29) is 0 Å². The minimum atomic E-state index is 0.482. The summed E-state index contributed by atoms with van der Waals surface area (Å²) in [5.74, 6) is 0.829. The summed E-state index contributed by atoms with van der Waals surface area (Å²) in [4.78, 5) is 10.8. The number of hydrogen-bond acceptors (Lipinski definition) is 3. The second-order valence-corrected chi connectivity index (χ2v) is 7.09. The molecule has 0 radical (unpaired) electrons. The molecule has 0 saturated carbocycles. The highest BCUT2D eigenvalue weighted by atomic mass is 35.5. The van der Waals surface area contributed by atoms with E-state index in [2.05, 4.69) is 69.8 Å². The van der Waals surface area contributed by atoms with Crippen molar-refractivity contribution >= 4 is 17.6 Å². The molecule has 2 aromatic rings. The van der Waals surface area contributed by atoms with Gasteiger partial charge in [-0.3, -0.25) is 9.89 Å². The Morgan fingerprint density at radius 2 is 1.85 bits per heavy atom. The van der Waals surface area contributed by atoms with E-state index in [1.165, 1.54) is 5.56 Å². The lowest BCUT2D eigenvalue weighted by molar-refractivity contribution is 0.238. The van der Waals surface area contributed by atoms with Crippen LogP contribution in [0.5, 0.6) is 0 Å². The standard InChI is InChI=1S/C21H30ClN5/c1-17(27(3)16-19-7-5-4-6-8-19)11-13-24-21(23-2)25-14-12-18-9-10-20(22)26-15-18/h4-10,15,17H,11-14,16H2,1-3H3,(H2,23,24,25). The Morgan fingerprint density at radius 3 is 2.52 bits per heavy atom. The summed E-state index contributed by atoms with van der Waals surface area (Å²) in [6.07, 6.45) is 3.73. The zero-order chi connectivity index (χ0) is 19.5. The lowest BCUT2D eigenvalue weighted by Gasteiger charge is -2.25. The highest BCUT2D eigenvalue weighted by Crippen LogP contribution is 2.08. The first-order valence-electron chi connectivity index (χ1n) is 9.37. The molecular formula is C21H30ClN5. The SMILES string of the molecule is CN=C(NCCc1ccc(Cl)nc1)NCCC(C)N(C)Cc1ccccc1. The summed E-state index contributed by atoms with van der Waals surface area (Å²) in [5.41, 5.74) is 2.49. The molecular weight excluding hydrogens is 358 g/mol. The Morgan fingerprint density at radius 1 is 1.11 bits per heavy atom. The minimum absolute atomic E-state index is 0.482. The molecule has 1 unspecified atom stereocenters. The van der Waals surface area contributed by atoms with E-state index in [9.17, 15) is 0 Å². The maximum absolute atomic E-state index is 5.81. The van der Waals surface area contributed by atoms with Crippen LogP contribution in [0.1, 0.15) is 24.5 Å². The van der Waals surface area contributed by atoms with Gasteiger partial charge in [-0.25, -0.2) is 4.98 Å². The summed E-state index contributed by atoms with van der Waals surface area (Å²) < 4.78 is 0. The molecule has 2 N–H and O–H groups in total. The van der Waals surface area contributed by atoms with E-state index in [0.29, 0.717) is 11.2 Å². The van der Waals surface area contributed by atoms with Gasteiger partial charge in [-0.15, -0.1) is 0 Å². The molecule has 0 aliphatic carbocycles. The molecule has 1 heterocycles. The number of guanidine groups is 1. The van der Waals surface area contributed by atoms with E-state index < -0.39 is 0 Å². The fraction of sp³-hybridized carbons (Fsp3) is 0.429. The van der Waals surface area contributed by atoms with Gasteiger partial charge in [-0.2, -0.15) is 0 Å². The molecule has 0 amide bonds. The maximum atomic E-state index is 5.81. The highest BCUT2D eigenvalue weighted by Gasteiger charge is 2.09. The molecule has 146 valence electrons. The van der Waals surface area contributed by atoms with Gasteiger partial charge in [0.2, 0.25) is 0 Å². The Labute approximate surface area is 167 Å². The predicted molar refractivity (Wildman–Crippen MR) is 114 cm³/mol. The average Bonchev–Trinajstić information content (AvgIpc) is 2.68. The van der Waals surface area contributed by atoms with E-state index in [4.69, 9.17) is 11.6 Å². The van der Waals surface area contributed by atoms with Crippen molar-refractivity contribution in [1.29, 1.82) is 0 Å². The molecule has 2 rings (SSSR count). The first-order valence-corrected chi connectivity index (χ1v) is 9.75. The van der Waals surface area contributed by atoms with Crippen molar-refractivity contribution in [3.8, 4) is 0 Å². The number of benzene rings is 1. The molecule has 5 nitrogen and oxygen atoms in total. The molecule has 0 spiro atoms. The quantitative estimate of drug-likeness (QED) is 0.393. The van der Waals surface area contributed by atoms with Crippen LogP contribution in [0, 0.1) is 0 Å². The average molecular weight is 388 g/mol. The molecule has 1 aromatic heterocycles. The molecule has 0 saturated heterocycles. The smallest absolute Gasteiger partial charge is 0.190 e. The Bertz CT molecular complexity index is 687. The summed E-state index contributed by atoms with van der Waals surface area (Å²) in [7, 11) is 3.97. The molecule has 1 atom stereocenters. The topological polar surface area (TPSA) is 52.6 Å². The van der Waals surface area contributed by atoms with Gasteiger partial charge < -0.3 is 10.6 Å². The zero-order valence-corrected chi connectivity index (χ0v) is 17.2. The molecule has 0 aliphatic heterocycles. The van der Waals surface area contributed by atoms with Gasteiger partial charge >= 0.3 is 0 Å². The summed E-state index contributed by atoms with van der Waals surface area (Å²) in [6, 6.07) is 14.9. The number of rotatable bonds is 9. The van der Waals surface area contributed by atoms with Crippen LogP contribution < -0.4 is 10.6 Å². The van der Waals surface area contributed by atoms with E-state index in [1.807, 2.05) is 18.3 Å². The van der Waals surface area contributed by atoms with Crippen LogP contribution in [0.15, 0.2) is 53.7 Å². The van der Waals surface area contributed by atoms with Gasteiger partial charge in [0.25, 0.3) is 0 Å². The minimum Gasteiger partial charge on any atom is -0.356 e. The zero-order valence-electron chi connectivity index (χ0n) is 16.5. The Balaban J connectivity index is 1.65. The summed E-state index contributed by atoms with van der Waals surface area (Å²) in [5, 5.41) is 7.25. The first kappa shape index (κ1) is 21.2. The second kappa shape index (κ2) is 11.6. The molecule has 1 aromatic carbocycles. The normalized spacial score (nSPS) is 12.9. The second-order valence-electron chi connectivity index (χ2n) is 6.70. The summed E-state index contributed by atoms with van der Waals surface area (Å²) in [6.45, 7) is 4.90. The lowest BCUT2D eigenvalue weighted by Crippen LogP contribution is -2.40. The van der Waals surface area contributed by atoms with Crippen molar-refractivity contribution in [2.45, 2.75) is 32.4 Å². The molecule has 6 heteroatoms. The predicted octanol–water partition coefficient (Wildman–Crippen LogP) is 3.35. The van der Waals surface area contributed by atoms with Gasteiger partial charge in [0.05, 0.1) is 0 Å². The summed E-state index contributed by atoms with van der Waals surface area (Å²) >= 11 is 5.81. The van der Waals surface area contributed by atoms with Gasteiger partial charge in [-0.05, 0) is 44.0 Å². The monoisotopic (exact) mass is 387 g/mol. The van der Waals surface area contributed by atoms with Crippen LogP contribution in [0.2, 0.25) is 5.15 Å². The van der Waals surface area contributed by atoms with Gasteiger partial charge in [0, 0.05) is 38.9 Å². The van der Waals surface area contributed by atoms with E-state index >= 15 is 0 Å². The fourth-order valence-electron chi connectivity index (χ4n) is 2.75. The van der Waals surface area contributed by atoms with E-state index in [1.54, 1.807) is 7.05 Å². The number of hydrogen-bond donors (Lipinski definition) is 2. The van der Waals surface area contributed by atoms with Crippen LogP contribution in [-0.4, -0.2) is 49.1 Å². The largest absolute Gasteiger partial charge is 0.356 e. The molecule has 0 bridgehead atoms. The Kier molecular flexibility index (Phi) is 9.08. The lowest BCUT2D eigenvalue weighted by atomic mass is 10.1. The van der Waals surface area contributed by atoms with Crippen LogP contribution in [-0.2, 0) is 13.0 Å². The van der Waals surface area contributed by atoms with Crippen molar-refractivity contribution in [1.82, 2.24) is 20.5 Å². The van der Waals surface area contributed by atoms with Crippen LogP contribution >= 0.6 is 11.6 Å². The van der Waals surface area contributed by atoms with Crippen molar-refractivity contribution in [3.63, 3.8) is 0 Å². The first-order chi connectivity index (χ1) is 13.1. The third kappa shape index (κ3) is 7.97. The molecule has 0 aliphatic rings. The van der Waals surface area contributed by atoms with Crippen molar-refractivity contribution < 1.29 is 0 Å². The van der Waals surface area contributed by atoms with E-state index in [0.717, 1.165) is 44.0 Å². The number of pyridine rings is 1. The number of nitrogens with one attached hydrogen (secondary N) is 2. The highest BCUT2D eigenvalue weighted by molar-refractivity contribution is 6.29.